The predicted octanol–water partition coefficient (Wildman–Crippen LogP) is 2.89. The van der Waals surface area contributed by atoms with Gasteiger partial charge in [0.05, 0.1) is 0 Å². The minimum Gasteiger partial charge on any atom is -0.388 e. The number of aliphatic hydroxyl groups is 1. The molecular weight excluding hydrogens is 335 g/mol. The second-order valence-corrected chi connectivity index (χ2v) is 8.88. The van der Waals surface area contributed by atoms with Gasteiger partial charge >= 0.3 is 0 Å². The summed E-state index contributed by atoms with van der Waals surface area (Å²) in [5.74, 6) is -1.36. The van der Waals surface area contributed by atoms with Crippen LogP contribution in [0.2, 0.25) is 0 Å². The fraction of sp³-hybridized carbons (Fsp3) is 0.667. The van der Waals surface area contributed by atoms with Gasteiger partial charge in [0, 0.05) is 35.2 Å². The third kappa shape index (κ3) is 1.95. The number of carbonyl (C=O) groups is 3. The normalized spacial score (nSPS) is 44.6. The Bertz CT molecular complexity index is 781. The smallest absolute Gasteiger partial charge is 0.184 e. The number of rotatable bonds is 2. The van der Waals surface area contributed by atoms with Crippen molar-refractivity contribution in [2.75, 3.05) is 6.61 Å². The van der Waals surface area contributed by atoms with Crippen molar-refractivity contribution in [1.29, 1.82) is 0 Å². The van der Waals surface area contributed by atoms with Gasteiger partial charge in [-0.05, 0) is 37.7 Å². The van der Waals surface area contributed by atoms with E-state index in [1.807, 2.05) is 6.92 Å². The van der Waals surface area contributed by atoms with Crippen LogP contribution in [0.1, 0.15) is 52.4 Å². The fourth-order valence-electron chi connectivity index (χ4n) is 6.39. The third-order valence-corrected chi connectivity index (χ3v) is 7.83. The van der Waals surface area contributed by atoms with E-state index in [1.165, 1.54) is 0 Å². The van der Waals surface area contributed by atoms with Gasteiger partial charge in [0.15, 0.2) is 23.0 Å². The van der Waals surface area contributed by atoms with E-state index in [9.17, 15) is 19.5 Å². The first-order valence-corrected chi connectivity index (χ1v) is 9.49. The Kier molecular flexibility index (Phi) is 3.72. The van der Waals surface area contributed by atoms with Crippen LogP contribution in [0.25, 0.3) is 0 Å². The molecule has 0 aliphatic heterocycles. The summed E-state index contributed by atoms with van der Waals surface area (Å²) in [5.41, 5.74) is -2.33. The van der Waals surface area contributed by atoms with Crippen molar-refractivity contribution >= 4 is 17.3 Å². The molecule has 0 saturated heterocycles. The summed E-state index contributed by atoms with van der Waals surface area (Å²) in [6.45, 7) is 3.10. The molecule has 4 nitrogen and oxygen atoms in total. The quantitative estimate of drug-likeness (QED) is 0.822. The van der Waals surface area contributed by atoms with Crippen molar-refractivity contribution in [2.24, 2.45) is 22.7 Å². The van der Waals surface area contributed by atoms with Gasteiger partial charge in [0.2, 0.25) is 0 Å². The average molecular weight is 360 g/mol. The number of ketones is 3. The Morgan fingerprint density at radius 1 is 1.27 bits per heavy atom. The zero-order valence-corrected chi connectivity index (χ0v) is 15.3. The Balaban J connectivity index is 1.79. The molecule has 2 saturated carbocycles. The zero-order chi connectivity index (χ0) is 18.9. The van der Waals surface area contributed by atoms with E-state index in [0.29, 0.717) is 31.3 Å². The Labute approximate surface area is 152 Å². The van der Waals surface area contributed by atoms with Crippen molar-refractivity contribution in [3.8, 4) is 0 Å². The standard InChI is InChI=1S/C21H25FO4/c1-19-10-18(26)21(22)15(14(19)5-6-16(19)17(25)11-23)4-3-12-9-13(24)7-8-20(12,21)2/h6,9,14-15,23H,3-5,7-8,10-11H2,1-2H3/t14-,15-,19-,20-,21-/m0/s1. The van der Waals surface area contributed by atoms with Gasteiger partial charge in [0.1, 0.15) is 6.61 Å². The Hall–Kier alpha value is -1.62. The summed E-state index contributed by atoms with van der Waals surface area (Å²) in [4.78, 5) is 37.2. The summed E-state index contributed by atoms with van der Waals surface area (Å²) in [6.07, 6.45) is 5.72. The number of fused-ring (bicyclic) bond motifs is 5. The summed E-state index contributed by atoms with van der Waals surface area (Å²) in [6, 6.07) is 0. The number of hydrogen-bond donors (Lipinski definition) is 1. The molecule has 4 aliphatic carbocycles. The fourth-order valence-corrected chi connectivity index (χ4v) is 6.39. The van der Waals surface area contributed by atoms with E-state index in [1.54, 1.807) is 19.1 Å². The molecule has 0 bridgehead atoms. The highest BCUT2D eigenvalue weighted by Crippen LogP contribution is 2.67. The number of allylic oxidation sites excluding steroid dienone is 3. The first-order chi connectivity index (χ1) is 12.2. The van der Waals surface area contributed by atoms with Crippen LogP contribution < -0.4 is 0 Å². The van der Waals surface area contributed by atoms with Crippen molar-refractivity contribution in [3.05, 3.63) is 23.3 Å². The van der Waals surface area contributed by atoms with Crippen molar-refractivity contribution in [3.63, 3.8) is 0 Å². The van der Waals surface area contributed by atoms with Gasteiger partial charge in [-0.3, -0.25) is 14.4 Å². The van der Waals surface area contributed by atoms with Gasteiger partial charge in [0.25, 0.3) is 0 Å². The van der Waals surface area contributed by atoms with E-state index in [4.69, 9.17) is 0 Å². The first kappa shape index (κ1) is 17.8. The SMILES string of the molecule is C[C@]12CCC(=O)C=C1CC[C@H]1[C@@H]3CC=C(C(=O)CO)[C@@]3(C)CC(=O)[C@@]12F. The summed E-state index contributed by atoms with van der Waals surface area (Å²) in [5, 5.41) is 9.28. The van der Waals surface area contributed by atoms with Gasteiger partial charge < -0.3 is 5.11 Å². The molecule has 26 heavy (non-hydrogen) atoms. The van der Waals surface area contributed by atoms with Crippen molar-refractivity contribution in [2.45, 2.75) is 58.0 Å². The highest BCUT2D eigenvalue weighted by atomic mass is 19.1. The molecule has 0 amide bonds. The summed E-state index contributed by atoms with van der Waals surface area (Å²) >= 11 is 0. The number of alkyl halides is 1. The molecule has 0 unspecified atom stereocenters. The maximum atomic E-state index is 16.6. The van der Waals surface area contributed by atoms with Crippen molar-refractivity contribution < 1.29 is 23.9 Å². The molecule has 4 rings (SSSR count). The lowest BCUT2D eigenvalue weighted by Crippen LogP contribution is -2.65. The molecule has 0 heterocycles. The molecule has 0 aromatic rings. The van der Waals surface area contributed by atoms with Crippen LogP contribution in [0, 0.1) is 22.7 Å². The van der Waals surface area contributed by atoms with Gasteiger partial charge in [-0.25, -0.2) is 4.39 Å². The molecule has 0 aromatic carbocycles. The summed E-state index contributed by atoms with van der Waals surface area (Å²) in [7, 11) is 0. The van der Waals surface area contributed by atoms with E-state index < -0.39 is 34.8 Å². The third-order valence-electron chi connectivity index (χ3n) is 7.83. The zero-order valence-electron chi connectivity index (χ0n) is 15.3. The Morgan fingerprint density at radius 3 is 2.69 bits per heavy atom. The molecule has 140 valence electrons. The minimum atomic E-state index is -1.98. The number of hydrogen-bond acceptors (Lipinski definition) is 4. The maximum Gasteiger partial charge on any atom is 0.184 e. The van der Waals surface area contributed by atoms with Crippen LogP contribution in [0.3, 0.4) is 0 Å². The number of carbonyl (C=O) groups excluding carboxylic acids is 3. The summed E-state index contributed by atoms with van der Waals surface area (Å²) < 4.78 is 16.6. The molecule has 0 aromatic heterocycles. The largest absolute Gasteiger partial charge is 0.388 e. The lowest BCUT2D eigenvalue weighted by atomic mass is 9.45. The number of halogens is 1. The first-order valence-electron chi connectivity index (χ1n) is 9.49. The monoisotopic (exact) mass is 360 g/mol. The molecule has 0 radical (unpaired) electrons. The molecule has 2 fully saturated rings. The second kappa shape index (κ2) is 5.44. The van der Waals surface area contributed by atoms with E-state index in [2.05, 4.69) is 0 Å². The number of Topliss-reactive ketones (excluding diaryl/α,β-unsaturated/α-hetero) is 2. The molecule has 5 atom stereocenters. The van der Waals surface area contributed by atoms with E-state index >= 15 is 4.39 Å². The molecule has 4 aliphatic rings. The van der Waals surface area contributed by atoms with Crippen LogP contribution in [0.5, 0.6) is 0 Å². The van der Waals surface area contributed by atoms with Gasteiger partial charge in [-0.15, -0.1) is 0 Å². The highest BCUT2D eigenvalue weighted by molar-refractivity contribution is 6.01. The maximum absolute atomic E-state index is 16.6. The number of aliphatic hydroxyl groups excluding tert-OH is 1. The Morgan fingerprint density at radius 2 is 2.00 bits per heavy atom. The topological polar surface area (TPSA) is 71.4 Å². The molecule has 0 spiro atoms. The molecule has 5 heteroatoms. The average Bonchev–Trinajstić information content (AvgIpc) is 2.93. The van der Waals surface area contributed by atoms with Crippen LogP contribution in [-0.4, -0.2) is 34.7 Å². The van der Waals surface area contributed by atoms with Crippen LogP contribution in [0.15, 0.2) is 23.3 Å². The molecular formula is C21H25FO4. The van der Waals surface area contributed by atoms with Gasteiger partial charge in [-0.1, -0.05) is 25.5 Å². The van der Waals surface area contributed by atoms with Crippen LogP contribution in [0.4, 0.5) is 4.39 Å². The van der Waals surface area contributed by atoms with Crippen LogP contribution >= 0.6 is 0 Å². The van der Waals surface area contributed by atoms with Crippen molar-refractivity contribution in [1.82, 2.24) is 0 Å². The second-order valence-electron chi connectivity index (χ2n) is 8.88. The lowest BCUT2D eigenvalue weighted by molar-refractivity contribution is -0.169. The minimum absolute atomic E-state index is 0.0148. The predicted molar refractivity (Wildman–Crippen MR) is 93.0 cm³/mol. The molecule has 1 N–H and O–H groups in total. The lowest BCUT2D eigenvalue weighted by Gasteiger charge is -2.59. The van der Waals surface area contributed by atoms with Crippen LogP contribution in [-0.2, 0) is 14.4 Å². The van der Waals surface area contributed by atoms with E-state index in [0.717, 1.165) is 5.57 Å². The van der Waals surface area contributed by atoms with Gasteiger partial charge in [-0.2, -0.15) is 0 Å². The highest BCUT2D eigenvalue weighted by Gasteiger charge is 2.70. The van der Waals surface area contributed by atoms with E-state index in [-0.39, 0.29) is 30.3 Å².